The van der Waals surface area contributed by atoms with Gasteiger partial charge in [0.05, 0.1) is 22.8 Å². The molecule has 0 spiro atoms. The molecular weight excluding hydrogens is 444 g/mol. The Morgan fingerprint density at radius 2 is 1.85 bits per heavy atom. The summed E-state index contributed by atoms with van der Waals surface area (Å²) < 4.78 is 35.3. The maximum atomic E-state index is 13.2. The van der Waals surface area contributed by atoms with Crippen LogP contribution in [0.5, 0.6) is 5.75 Å². The summed E-state index contributed by atoms with van der Waals surface area (Å²) >= 11 is 0. The van der Waals surface area contributed by atoms with Crippen molar-refractivity contribution in [1.82, 2.24) is 29.0 Å². The zero-order chi connectivity index (χ0) is 23.8. The van der Waals surface area contributed by atoms with Crippen LogP contribution in [0.4, 0.5) is 0 Å². The van der Waals surface area contributed by atoms with E-state index in [-0.39, 0.29) is 10.5 Å². The minimum Gasteiger partial charge on any atom is -0.493 e. The second kappa shape index (κ2) is 9.24. The number of rotatable bonds is 7. The Kier molecular flexibility index (Phi) is 6.55. The standard InChI is InChI=1S/C22H30N6O4S/c1-5-7-17-19-20(27(4)25-17)22(29)24-21(23-19)16-9-8-15(14-18(16)32-6-2)33(30,31)28-12-10-26(3)11-13-28/h8-9,14H,5-7,10-13H2,1-4H3,(H,23,24,29). The van der Waals surface area contributed by atoms with Crippen LogP contribution in [0.2, 0.25) is 0 Å². The van der Waals surface area contributed by atoms with Crippen molar-refractivity contribution in [2.75, 3.05) is 39.8 Å². The number of benzene rings is 1. The fraction of sp³-hybridized carbons (Fsp3) is 0.500. The first-order valence-electron chi connectivity index (χ1n) is 11.2. The summed E-state index contributed by atoms with van der Waals surface area (Å²) in [4.78, 5) is 22.6. The molecule has 3 aromatic rings. The van der Waals surface area contributed by atoms with Crippen LogP contribution in [0, 0.1) is 0 Å². The van der Waals surface area contributed by atoms with Crippen molar-refractivity contribution < 1.29 is 13.2 Å². The van der Waals surface area contributed by atoms with E-state index >= 15 is 0 Å². The molecule has 1 aliphatic heterocycles. The van der Waals surface area contributed by atoms with Crippen molar-refractivity contribution in [2.45, 2.75) is 31.6 Å². The van der Waals surface area contributed by atoms with Gasteiger partial charge in [-0.2, -0.15) is 9.40 Å². The van der Waals surface area contributed by atoms with Crippen LogP contribution < -0.4 is 10.3 Å². The van der Waals surface area contributed by atoms with E-state index in [1.54, 1.807) is 23.9 Å². The smallest absolute Gasteiger partial charge is 0.277 e. The second-order valence-electron chi connectivity index (χ2n) is 8.23. The molecule has 0 atom stereocenters. The number of piperazine rings is 1. The summed E-state index contributed by atoms with van der Waals surface area (Å²) in [6.45, 7) is 6.46. The maximum Gasteiger partial charge on any atom is 0.277 e. The van der Waals surface area contributed by atoms with Gasteiger partial charge in [-0.15, -0.1) is 0 Å². The number of likely N-dealkylation sites (N-methyl/N-ethyl adjacent to an activating group) is 1. The van der Waals surface area contributed by atoms with Crippen molar-refractivity contribution in [3.8, 4) is 17.1 Å². The molecule has 11 heteroatoms. The molecule has 3 heterocycles. The molecule has 10 nitrogen and oxygen atoms in total. The van der Waals surface area contributed by atoms with Crippen LogP contribution >= 0.6 is 0 Å². The topological polar surface area (TPSA) is 113 Å². The van der Waals surface area contributed by atoms with Gasteiger partial charge < -0.3 is 14.6 Å². The Bertz CT molecular complexity index is 1320. The highest BCUT2D eigenvalue weighted by Crippen LogP contribution is 2.32. The lowest BCUT2D eigenvalue weighted by atomic mass is 10.1. The highest BCUT2D eigenvalue weighted by atomic mass is 32.2. The number of aryl methyl sites for hydroxylation is 2. The van der Waals surface area contributed by atoms with Crippen molar-refractivity contribution >= 4 is 21.1 Å². The number of hydrogen-bond donors (Lipinski definition) is 1. The maximum absolute atomic E-state index is 13.2. The molecule has 1 N–H and O–H groups in total. The van der Waals surface area contributed by atoms with Crippen LogP contribution in [0.1, 0.15) is 26.0 Å². The number of ether oxygens (including phenoxy) is 1. The number of aromatic amines is 1. The number of sulfonamides is 1. The quantitative estimate of drug-likeness (QED) is 0.553. The summed E-state index contributed by atoms with van der Waals surface area (Å²) in [5, 5.41) is 4.45. The van der Waals surface area contributed by atoms with E-state index in [4.69, 9.17) is 9.72 Å². The number of aromatic nitrogens is 4. The van der Waals surface area contributed by atoms with Crippen molar-refractivity contribution in [3.05, 3.63) is 34.2 Å². The zero-order valence-electron chi connectivity index (χ0n) is 19.5. The van der Waals surface area contributed by atoms with E-state index in [2.05, 4.69) is 15.0 Å². The van der Waals surface area contributed by atoms with E-state index in [0.29, 0.717) is 67.4 Å². The fourth-order valence-electron chi connectivity index (χ4n) is 4.09. The van der Waals surface area contributed by atoms with Crippen molar-refractivity contribution in [3.63, 3.8) is 0 Å². The average Bonchev–Trinajstić information content (AvgIpc) is 3.10. The third-order valence-corrected chi connectivity index (χ3v) is 7.75. The lowest BCUT2D eigenvalue weighted by Gasteiger charge is -2.31. The van der Waals surface area contributed by atoms with Gasteiger partial charge in [0.1, 0.15) is 17.1 Å². The Labute approximate surface area is 193 Å². The number of nitrogens with zero attached hydrogens (tertiary/aromatic N) is 5. The Balaban J connectivity index is 1.79. The van der Waals surface area contributed by atoms with Gasteiger partial charge in [-0.1, -0.05) is 13.3 Å². The molecular formula is C22H30N6O4S. The third-order valence-electron chi connectivity index (χ3n) is 5.86. The van der Waals surface area contributed by atoms with E-state index in [1.165, 1.54) is 10.4 Å². The lowest BCUT2D eigenvalue weighted by Crippen LogP contribution is -2.47. The molecule has 0 saturated carbocycles. The van der Waals surface area contributed by atoms with Gasteiger partial charge in [-0.25, -0.2) is 13.4 Å². The first-order chi connectivity index (χ1) is 15.8. The van der Waals surface area contributed by atoms with E-state index in [1.807, 2.05) is 20.9 Å². The molecule has 1 aromatic carbocycles. The van der Waals surface area contributed by atoms with Gasteiger partial charge in [-0.3, -0.25) is 9.48 Å². The molecule has 0 radical (unpaired) electrons. The SMILES string of the molecule is CCCc1nn(C)c2c(=O)[nH]c(-c3ccc(S(=O)(=O)N4CCN(C)CC4)cc3OCC)nc12. The average molecular weight is 475 g/mol. The normalized spacial score (nSPS) is 15.9. The summed E-state index contributed by atoms with van der Waals surface area (Å²) in [5.74, 6) is 0.681. The molecule has 33 heavy (non-hydrogen) atoms. The third kappa shape index (κ3) is 4.40. The predicted octanol–water partition coefficient (Wildman–Crippen LogP) is 1.61. The van der Waals surface area contributed by atoms with Crippen LogP contribution in [0.25, 0.3) is 22.4 Å². The predicted molar refractivity (Wildman–Crippen MR) is 126 cm³/mol. The molecule has 4 rings (SSSR count). The minimum atomic E-state index is -3.66. The van der Waals surface area contributed by atoms with Crippen LogP contribution in [-0.2, 0) is 23.5 Å². The number of H-pyrrole nitrogens is 1. The molecule has 1 fully saturated rings. The van der Waals surface area contributed by atoms with Crippen LogP contribution in [0.3, 0.4) is 0 Å². The first-order valence-corrected chi connectivity index (χ1v) is 12.6. The van der Waals surface area contributed by atoms with Crippen LogP contribution in [0.15, 0.2) is 27.9 Å². The van der Waals surface area contributed by atoms with E-state index in [0.717, 1.165) is 12.1 Å². The van der Waals surface area contributed by atoms with Gasteiger partial charge >= 0.3 is 0 Å². The van der Waals surface area contributed by atoms with Crippen molar-refractivity contribution in [1.29, 1.82) is 0 Å². The largest absolute Gasteiger partial charge is 0.493 e. The molecule has 1 aliphatic rings. The van der Waals surface area contributed by atoms with Gasteiger partial charge in [-0.05, 0) is 32.5 Å². The number of nitrogens with one attached hydrogen (secondary N) is 1. The second-order valence-corrected chi connectivity index (χ2v) is 10.2. The Morgan fingerprint density at radius 1 is 1.12 bits per heavy atom. The fourth-order valence-corrected chi connectivity index (χ4v) is 5.53. The van der Waals surface area contributed by atoms with E-state index < -0.39 is 10.0 Å². The molecule has 0 unspecified atom stereocenters. The molecule has 1 saturated heterocycles. The van der Waals surface area contributed by atoms with Gasteiger partial charge in [0.25, 0.3) is 5.56 Å². The number of hydrogen-bond acceptors (Lipinski definition) is 7. The highest BCUT2D eigenvalue weighted by molar-refractivity contribution is 7.89. The minimum absolute atomic E-state index is 0.163. The summed E-state index contributed by atoms with van der Waals surface area (Å²) in [5.41, 5.74) is 1.95. The van der Waals surface area contributed by atoms with Gasteiger partial charge in [0.15, 0.2) is 5.52 Å². The zero-order valence-corrected chi connectivity index (χ0v) is 20.3. The van der Waals surface area contributed by atoms with Crippen molar-refractivity contribution in [2.24, 2.45) is 7.05 Å². The molecule has 0 bridgehead atoms. The number of fused-ring (bicyclic) bond motifs is 1. The summed E-state index contributed by atoms with van der Waals surface area (Å²) in [7, 11) is 0.0430. The summed E-state index contributed by atoms with van der Waals surface area (Å²) in [6.07, 6.45) is 1.58. The Morgan fingerprint density at radius 3 is 2.52 bits per heavy atom. The molecule has 178 valence electrons. The van der Waals surface area contributed by atoms with Gasteiger partial charge in [0.2, 0.25) is 10.0 Å². The van der Waals surface area contributed by atoms with Crippen LogP contribution in [-0.4, -0.2) is 77.2 Å². The highest BCUT2D eigenvalue weighted by Gasteiger charge is 2.28. The Hall–Kier alpha value is -2.76. The first kappa shape index (κ1) is 23.4. The lowest BCUT2D eigenvalue weighted by molar-refractivity contribution is 0.222. The monoisotopic (exact) mass is 474 g/mol. The summed E-state index contributed by atoms with van der Waals surface area (Å²) in [6, 6.07) is 4.71. The molecule has 0 aliphatic carbocycles. The van der Waals surface area contributed by atoms with E-state index in [9.17, 15) is 13.2 Å². The molecule has 2 aromatic heterocycles. The van der Waals surface area contributed by atoms with Gasteiger partial charge in [0, 0.05) is 39.3 Å². The molecule has 0 amide bonds.